The van der Waals surface area contributed by atoms with Gasteiger partial charge in [-0.1, -0.05) is 6.07 Å². The minimum absolute atomic E-state index is 0.101. The zero-order valence-corrected chi connectivity index (χ0v) is 15.2. The van der Waals surface area contributed by atoms with Gasteiger partial charge in [0.15, 0.2) is 9.84 Å². The van der Waals surface area contributed by atoms with Crippen molar-refractivity contribution in [1.82, 2.24) is 19.9 Å². The van der Waals surface area contributed by atoms with E-state index in [1.165, 1.54) is 6.26 Å². The van der Waals surface area contributed by atoms with E-state index in [0.717, 1.165) is 30.0 Å². The third kappa shape index (κ3) is 3.35. The Labute approximate surface area is 152 Å². The summed E-state index contributed by atoms with van der Waals surface area (Å²) in [5, 5.41) is 3.44. The van der Waals surface area contributed by atoms with Crippen molar-refractivity contribution in [3.05, 3.63) is 54.1 Å². The van der Waals surface area contributed by atoms with Crippen LogP contribution in [0.15, 0.2) is 47.6 Å². The molecule has 0 saturated heterocycles. The monoisotopic (exact) mass is 372 g/mol. The summed E-state index contributed by atoms with van der Waals surface area (Å²) in [4.78, 5) is 8.98. The Kier molecular flexibility index (Phi) is 4.47. The fourth-order valence-electron chi connectivity index (χ4n) is 3.27. The first-order valence-electron chi connectivity index (χ1n) is 8.40. The zero-order chi connectivity index (χ0) is 18.1. The molecule has 3 heterocycles. The highest BCUT2D eigenvalue weighted by Gasteiger charge is 2.24. The SMILES string of the molecule is CS(=O)(=O)c1ccc2c(c1)nc1n2[C@@H](CNCc2cccnc2)COC1. The molecular weight excluding hydrogens is 352 g/mol. The number of hydrogen-bond donors (Lipinski definition) is 1. The lowest BCUT2D eigenvalue weighted by Gasteiger charge is -2.26. The molecule has 2 aromatic heterocycles. The van der Waals surface area contributed by atoms with E-state index >= 15 is 0 Å². The van der Waals surface area contributed by atoms with E-state index in [-0.39, 0.29) is 10.9 Å². The zero-order valence-electron chi connectivity index (χ0n) is 14.4. The molecule has 0 radical (unpaired) electrons. The molecule has 0 unspecified atom stereocenters. The highest BCUT2D eigenvalue weighted by Crippen LogP contribution is 2.27. The van der Waals surface area contributed by atoms with Gasteiger partial charge in [-0.2, -0.15) is 0 Å². The van der Waals surface area contributed by atoms with Crippen molar-refractivity contribution >= 4 is 20.9 Å². The maximum atomic E-state index is 11.8. The van der Waals surface area contributed by atoms with Gasteiger partial charge in [0.1, 0.15) is 12.4 Å². The number of nitrogens with zero attached hydrogens (tertiary/aromatic N) is 3. The molecule has 1 aromatic carbocycles. The average molecular weight is 372 g/mol. The second-order valence-electron chi connectivity index (χ2n) is 6.48. The van der Waals surface area contributed by atoms with Crippen molar-refractivity contribution in [3.8, 4) is 0 Å². The molecule has 0 spiro atoms. The first-order chi connectivity index (χ1) is 12.5. The maximum Gasteiger partial charge on any atom is 0.175 e. The molecule has 1 aliphatic rings. The number of nitrogens with one attached hydrogen (secondary N) is 1. The van der Waals surface area contributed by atoms with Crippen molar-refractivity contribution in [2.45, 2.75) is 24.1 Å². The Hall–Kier alpha value is -2.29. The molecule has 0 amide bonds. The Morgan fingerprint density at radius 1 is 1.35 bits per heavy atom. The summed E-state index contributed by atoms with van der Waals surface area (Å²) in [6.45, 7) is 2.47. The van der Waals surface area contributed by atoms with Crippen LogP contribution in [0.2, 0.25) is 0 Å². The minimum atomic E-state index is -3.25. The van der Waals surface area contributed by atoms with Crippen molar-refractivity contribution in [3.63, 3.8) is 0 Å². The van der Waals surface area contributed by atoms with Gasteiger partial charge in [0, 0.05) is 31.7 Å². The summed E-state index contributed by atoms with van der Waals surface area (Å²) < 4.78 is 31.4. The molecule has 0 bridgehead atoms. The largest absolute Gasteiger partial charge is 0.371 e. The molecule has 8 heteroatoms. The molecule has 0 aliphatic carbocycles. The minimum Gasteiger partial charge on any atom is -0.371 e. The predicted molar refractivity (Wildman–Crippen MR) is 97.5 cm³/mol. The summed E-state index contributed by atoms with van der Waals surface area (Å²) in [7, 11) is -3.25. The summed E-state index contributed by atoms with van der Waals surface area (Å²) in [5.74, 6) is 0.824. The Balaban J connectivity index is 1.58. The van der Waals surface area contributed by atoms with Crippen molar-refractivity contribution in [1.29, 1.82) is 0 Å². The lowest BCUT2D eigenvalue weighted by molar-refractivity contribution is 0.0564. The van der Waals surface area contributed by atoms with Crippen LogP contribution in [0, 0.1) is 0 Å². The van der Waals surface area contributed by atoms with Crippen LogP contribution < -0.4 is 5.32 Å². The molecule has 1 atom stereocenters. The van der Waals surface area contributed by atoms with E-state index in [2.05, 4.69) is 19.9 Å². The smallest absolute Gasteiger partial charge is 0.175 e. The molecule has 4 rings (SSSR count). The first kappa shape index (κ1) is 17.1. The Bertz CT molecular complexity index is 1030. The topological polar surface area (TPSA) is 86.1 Å². The number of imidazole rings is 1. The predicted octanol–water partition coefficient (Wildman–Crippen LogP) is 1.70. The summed E-state index contributed by atoms with van der Waals surface area (Å²) in [5.41, 5.74) is 2.74. The van der Waals surface area contributed by atoms with E-state index in [1.54, 1.807) is 18.3 Å². The molecular formula is C18H20N4O3S. The Morgan fingerprint density at radius 2 is 2.23 bits per heavy atom. The molecule has 136 valence electrons. The second kappa shape index (κ2) is 6.79. The third-order valence-electron chi connectivity index (χ3n) is 4.50. The quantitative estimate of drug-likeness (QED) is 0.734. The van der Waals surface area contributed by atoms with Crippen LogP contribution in [0.3, 0.4) is 0 Å². The molecule has 0 saturated carbocycles. The fourth-order valence-corrected chi connectivity index (χ4v) is 3.91. The van der Waals surface area contributed by atoms with E-state index in [1.807, 2.05) is 24.4 Å². The number of pyridine rings is 1. The molecule has 3 aromatic rings. The van der Waals surface area contributed by atoms with Crippen LogP contribution in [-0.2, 0) is 27.7 Å². The molecule has 1 aliphatic heterocycles. The van der Waals surface area contributed by atoms with Crippen molar-refractivity contribution < 1.29 is 13.2 Å². The number of rotatable bonds is 5. The normalized spacial score (nSPS) is 17.3. The Morgan fingerprint density at radius 3 is 3.00 bits per heavy atom. The lowest BCUT2D eigenvalue weighted by Crippen LogP contribution is -2.32. The van der Waals surface area contributed by atoms with Gasteiger partial charge in [0.25, 0.3) is 0 Å². The first-order valence-corrected chi connectivity index (χ1v) is 10.3. The number of hydrogen-bond acceptors (Lipinski definition) is 6. The maximum absolute atomic E-state index is 11.8. The van der Waals surface area contributed by atoms with Gasteiger partial charge in [0.05, 0.1) is 28.6 Å². The lowest BCUT2D eigenvalue weighted by atomic mass is 10.2. The number of benzene rings is 1. The number of sulfone groups is 1. The molecule has 1 N–H and O–H groups in total. The van der Waals surface area contributed by atoms with Crippen molar-refractivity contribution in [2.24, 2.45) is 0 Å². The standard InChI is InChI=1S/C18H20N4O3S/c1-26(23,24)15-4-5-17-16(7-15)21-18-12-25-11-14(22(17)18)10-20-9-13-3-2-6-19-8-13/h2-8,14,20H,9-12H2,1H3/t14-/m0/s1. The van der Waals surface area contributed by atoms with Gasteiger partial charge in [-0.05, 0) is 29.8 Å². The average Bonchev–Trinajstić information content (AvgIpc) is 3.00. The van der Waals surface area contributed by atoms with Crippen LogP contribution in [0.5, 0.6) is 0 Å². The highest BCUT2D eigenvalue weighted by molar-refractivity contribution is 7.90. The van der Waals surface area contributed by atoms with E-state index in [0.29, 0.717) is 18.7 Å². The van der Waals surface area contributed by atoms with Crippen LogP contribution in [0.25, 0.3) is 11.0 Å². The summed E-state index contributed by atoms with van der Waals surface area (Å²) in [6.07, 6.45) is 4.81. The van der Waals surface area contributed by atoms with E-state index in [4.69, 9.17) is 4.74 Å². The van der Waals surface area contributed by atoms with Crippen molar-refractivity contribution in [2.75, 3.05) is 19.4 Å². The van der Waals surface area contributed by atoms with Gasteiger partial charge < -0.3 is 14.6 Å². The number of aromatic nitrogens is 3. The van der Waals surface area contributed by atoms with Gasteiger partial charge in [-0.3, -0.25) is 4.98 Å². The van der Waals surface area contributed by atoms with Gasteiger partial charge in [-0.15, -0.1) is 0 Å². The van der Waals surface area contributed by atoms with E-state index in [9.17, 15) is 8.42 Å². The van der Waals surface area contributed by atoms with Crippen LogP contribution in [0.1, 0.15) is 17.4 Å². The second-order valence-corrected chi connectivity index (χ2v) is 8.50. The van der Waals surface area contributed by atoms with Gasteiger partial charge in [0.2, 0.25) is 0 Å². The number of ether oxygens (including phenoxy) is 1. The summed E-state index contributed by atoms with van der Waals surface area (Å²) >= 11 is 0. The van der Waals surface area contributed by atoms with Crippen LogP contribution in [-0.4, -0.2) is 42.4 Å². The molecule has 26 heavy (non-hydrogen) atoms. The van der Waals surface area contributed by atoms with Gasteiger partial charge in [-0.25, -0.2) is 13.4 Å². The van der Waals surface area contributed by atoms with Gasteiger partial charge >= 0.3 is 0 Å². The summed E-state index contributed by atoms with van der Waals surface area (Å²) in [6, 6.07) is 9.16. The third-order valence-corrected chi connectivity index (χ3v) is 5.61. The van der Waals surface area contributed by atoms with Crippen LogP contribution >= 0.6 is 0 Å². The van der Waals surface area contributed by atoms with E-state index < -0.39 is 9.84 Å². The van der Waals surface area contributed by atoms with Crippen LogP contribution in [0.4, 0.5) is 0 Å². The molecule has 0 fully saturated rings. The number of fused-ring (bicyclic) bond motifs is 3. The molecule has 7 nitrogen and oxygen atoms in total. The fraction of sp³-hybridized carbons (Fsp3) is 0.333. The highest BCUT2D eigenvalue weighted by atomic mass is 32.2.